The second kappa shape index (κ2) is 7.85. The fourth-order valence-electron chi connectivity index (χ4n) is 3.58. The highest BCUT2D eigenvalue weighted by Gasteiger charge is 2.30. The number of esters is 1. The van der Waals surface area contributed by atoms with Crippen LogP contribution >= 0.6 is 34.3 Å². The lowest BCUT2D eigenvalue weighted by Gasteiger charge is -2.18. The molecule has 1 aliphatic rings. The predicted octanol–water partition coefficient (Wildman–Crippen LogP) is 6.17. The van der Waals surface area contributed by atoms with E-state index in [1.165, 1.54) is 27.6 Å². The van der Waals surface area contributed by atoms with Gasteiger partial charge in [-0.25, -0.2) is 4.79 Å². The number of rotatable bonds is 4. The Labute approximate surface area is 176 Å². The number of carbonyl (C=O) groups is 2. The summed E-state index contributed by atoms with van der Waals surface area (Å²) in [5, 5.41) is 4.83. The first-order valence-electron chi connectivity index (χ1n) is 9.29. The predicted molar refractivity (Wildman–Crippen MR) is 116 cm³/mol. The minimum Gasteiger partial charge on any atom is -0.462 e. The second-order valence-corrected chi connectivity index (χ2v) is 9.51. The number of thiophene rings is 2. The summed E-state index contributed by atoms with van der Waals surface area (Å²) >= 11 is 9.29. The van der Waals surface area contributed by atoms with Gasteiger partial charge in [0, 0.05) is 15.0 Å². The van der Waals surface area contributed by atoms with E-state index in [0.29, 0.717) is 33.0 Å². The van der Waals surface area contributed by atoms with Crippen LogP contribution in [0.15, 0.2) is 24.3 Å². The molecule has 2 aromatic heterocycles. The molecule has 0 saturated heterocycles. The first-order chi connectivity index (χ1) is 13.5. The van der Waals surface area contributed by atoms with E-state index >= 15 is 0 Å². The fourth-order valence-corrected chi connectivity index (χ4v) is 6.38. The van der Waals surface area contributed by atoms with Gasteiger partial charge in [0.25, 0.3) is 5.91 Å². The number of anilines is 1. The summed E-state index contributed by atoms with van der Waals surface area (Å²) in [6.45, 7) is 4.30. The summed E-state index contributed by atoms with van der Waals surface area (Å²) in [4.78, 5) is 27.2. The van der Waals surface area contributed by atoms with Gasteiger partial charge in [-0.2, -0.15) is 0 Å². The van der Waals surface area contributed by atoms with Gasteiger partial charge in [0.1, 0.15) is 9.88 Å². The van der Waals surface area contributed by atoms with E-state index in [1.807, 2.05) is 24.3 Å². The fraction of sp³-hybridized carbons (Fsp3) is 0.333. The summed E-state index contributed by atoms with van der Waals surface area (Å²) in [5.41, 5.74) is 1.54. The zero-order valence-corrected chi connectivity index (χ0v) is 18.0. The van der Waals surface area contributed by atoms with E-state index in [9.17, 15) is 9.59 Å². The molecule has 0 fully saturated rings. The number of halogens is 1. The van der Waals surface area contributed by atoms with Crippen LogP contribution in [0.5, 0.6) is 0 Å². The van der Waals surface area contributed by atoms with Crippen LogP contribution in [-0.4, -0.2) is 18.5 Å². The maximum absolute atomic E-state index is 13.0. The van der Waals surface area contributed by atoms with Crippen molar-refractivity contribution >= 4 is 61.2 Å². The maximum Gasteiger partial charge on any atom is 0.341 e. The molecule has 1 aromatic carbocycles. The monoisotopic (exact) mass is 433 g/mol. The molecule has 1 atom stereocenters. The summed E-state index contributed by atoms with van der Waals surface area (Å²) in [7, 11) is 0. The molecular formula is C21H20ClNO3S2. The number of amides is 1. The molecule has 0 bridgehead atoms. The van der Waals surface area contributed by atoms with Crippen LogP contribution in [0.25, 0.3) is 10.1 Å². The molecule has 4 rings (SSSR count). The maximum atomic E-state index is 13.0. The third-order valence-electron chi connectivity index (χ3n) is 4.96. The zero-order chi connectivity index (χ0) is 19.8. The molecule has 0 radical (unpaired) electrons. The quantitative estimate of drug-likeness (QED) is 0.500. The van der Waals surface area contributed by atoms with Crippen LogP contribution < -0.4 is 5.32 Å². The van der Waals surface area contributed by atoms with Crippen molar-refractivity contribution in [3.63, 3.8) is 0 Å². The lowest BCUT2D eigenvalue weighted by atomic mass is 9.88. The lowest BCUT2D eigenvalue weighted by Crippen LogP contribution is -2.16. The number of ether oxygens (including phenoxy) is 1. The molecule has 0 spiro atoms. The van der Waals surface area contributed by atoms with Gasteiger partial charge < -0.3 is 10.1 Å². The number of benzene rings is 1. The molecule has 1 amide bonds. The zero-order valence-electron chi connectivity index (χ0n) is 15.6. The molecule has 146 valence electrons. The molecule has 3 aromatic rings. The smallest absolute Gasteiger partial charge is 0.341 e. The summed E-state index contributed by atoms with van der Waals surface area (Å²) in [5.74, 6) is -0.0857. The van der Waals surface area contributed by atoms with E-state index in [4.69, 9.17) is 16.3 Å². The first kappa shape index (κ1) is 19.4. The highest BCUT2D eigenvalue weighted by atomic mass is 35.5. The molecule has 7 heteroatoms. The second-order valence-electron chi connectivity index (χ2n) is 6.97. The van der Waals surface area contributed by atoms with E-state index in [-0.39, 0.29) is 11.9 Å². The minimum atomic E-state index is -0.368. The van der Waals surface area contributed by atoms with Crippen LogP contribution in [0.2, 0.25) is 5.02 Å². The topological polar surface area (TPSA) is 55.4 Å². The standard InChI is InChI=1S/C21H20ClNO3S2/c1-3-26-21(25)16-12-9-8-11(2)10-15(12)28-20(16)23-19(24)18-17(22)13-6-4-5-7-14(13)27-18/h4-7,11H,3,8-10H2,1-2H3,(H,23,24)/t11-/m1/s1. The van der Waals surface area contributed by atoms with Crippen LogP contribution in [0, 0.1) is 5.92 Å². The average Bonchev–Trinajstić information content (AvgIpc) is 3.19. The summed E-state index contributed by atoms with van der Waals surface area (Å²) in [6.07, 6.45) is 2.79. The van der Waals surface area contributed by atoms with Crippen molar-refractivity contribution in [2.24, 2.45) is 5.92 Å². The van der Waals surface area contributed by atoms with Gasteiger partial charge in [0.15, 0.2) is 0 Å². The molecule has 0 saturated carbocycles. The van der Waals surface area contributed by atoms with Gasteiger partial charge in [-0.3, -0.25) is 4.79 Å². The van der Waals surface area contributed by atoms with Crippen molar-refractivity contribution in [3.05, 3.63) is 50.2 Å². The van der Waals surface area contributed by atoms with Crippen LogP contribution in [-0.2, 0) is 17.6 Å². The van der Waals surface area contributed by atoms with Crippen molar-refractivity contribution in [3.8, 4) is 0 Å². The first-order valence-corrected chi connectivity index (χ1v) is 11.3. The van der Waals surface area contributed by atoms with E-state index in [2.05, 4.69) is 12.2 Å². The van der Waals surface area contributed by atoms with Crippen LogP contribution in [0.3, 0.4) is 0 Å². The van der Waals surface area contributed by atoms with Crippen molar-refractivity contribution < 1.29 is 14.3 Å². The van der Waals surface area contributed by atoms with E-state index in [1.54, 1.807) is 6.92 Å². The van der Waals surface area contributed by atoms with E-state index in [0.717, 1.165) is 34.9 Å². The highest BCUT2D eigenvalue weighted by molar-refractivity contribution is 7.22. The number of hydrogen-bond donors (Lipinski definition) is 1. The van der Waals surface area contributed by atoms with Crippen molar-refractivity contribution in [1.82, 2.24) is 0 Å². The summed E-state index contributed by atoms with van der Waals surface area (Å²) in [6, 6.07) is 7.67. The third-order valence-corrected chi connectivity index (χ3v) is 7.80. The van der Waals surface area contributed by atoms with Crippen LogP contribution in [0.1, 0.15) is 50.7 Å². The van der Waals surface area contributed by atoms with Gasteiger partial charge in [-0.1, -0.05) is 36.7 Å². The number of hydrogen-bond acceptors (Lipinski definition) is 5. The SMILES string of the molecule is CCOC(=O)c1c(NC(=O)c2sc3ccccc3c2Cl)sc2c1CC[C@@H](C)C2. The molecule has 1 aliphatic carbocycles. The number of carbonyl (C=O) groups excluding carboxylic acids is 2. The lowest BCUT2D eigenvalue weighted by molar-refractivity contribution is 0.0526. The molecular weight excluding hydrogens is 414 g/mol. The summed E-state index contributed by atoms with van der Waals surface area (Å²) < 4.78 is 6.23. The van der Waals surface area contributed by atoms with Gasteiger partial charge in [0.2, 0.25) is 0 Å². The van der Waals surface area contributed by atoms with E-state index < -0.39 is 0 Å². The highest BCUT2D eigenvalue weighted by Crippen LogP contribution is 2.41. The molecule has 0 unspecified atom stereocenters. The Morgan fingerprint density at radius 3 is 2.82 bits per heavy atom. The van der Waals surface area contributed by atoms with Gasteiger partial charge in [-0.05, 0) is 43.7 Å². The average molecular weight is 434 g/mol. The van der Waals surface area contributed by atoms with Gasteiger partial charge >= 0.3 is 5.97 Å². The minimum absolute atomic E-state index is 0.289. The van der Waals surface area contributed by atoms with Crippen molar-refractivity contribution in [1.29, 1.82) is 0 Å². The van der Waals surface area contributed by atoms with Crippen LogP contribution in [0.4, 0.5) is 5.00 Å². The Hall–Kier alpha value is -1.89. The molecule has 2 heterocycles. The molecule has 28 heavy (non-hydrogen) atoms. The Balaban J connectivity index is 1.71. The Bertz CT molecular complexity index is 1070. The number of nitrogens with one attached hydrogen (secondary N) is 1. The Kier molecular flexibility index (Phi) is 5.45. The van der Waals surface area contributed by atoms with Gasteiger partial charge in [-0.15, -0.1) is 22.7 Å². The van der Waals surface area contributed by atoms with Crippen molar-refractivity contribution in [2.75, 3.05) is 11.9 Å². The molecule has 4 nitrogen and oxygen atoms in total. The molecule has 0 aliphatic heterocycles. The number of fused-ring (bicyclic) bond motifs is 2. The van der Waals surface area contributed by atoms with Crippen molar-refractivity contribution in [2.45, 2.75) is 33.1 Å². The van der Waals surface area contributed by atoms with Gasteiger partial charge in [0.05, 0.1) is 17.2 Å². The normalized spacial score (nSPS) is 16.0. The Morgan fingerprint density at radius 2 is 2.07 bits per heavy atom. The third kappa shape index (κ3) is 3.45. The largest absolute Gasteiger partial charge is 0.462 e. The Morgan fingerprint density at radius 1 is 1.29 bits per heavy atom. The molecule has 1 N–H and O–H groups in total.